The fourth-order valence-electron chi connectivity index (χ4n) is 3.72. The first-order chi connectivity index (χ1) is 17.6. The second-order valence-electron chi connectivity index (χ2n) is 7.78. The molecular formula is C26H26N4O4S2. The largest absolute Gasteiger partial charge is 0.448 e. The Labute approximate surface area is 217 Å². The van der Waals surface area contributed by atoms with Gasteiger partial charge in [-0.2, -0.15) is 0 Å². The second kappa shape index (κ2) is 13.0. The van der Waals surface area contributed by atoms with Gasteiger partial charge in [-0.05, 0) is 42.2 Å². The van der Waals surface area contributed by atoms with E-state index < -0.39 is 12.1 Å². The minimum atomic E-state index is -0.780. The minimum absolute atomic E-state index is 0.159. The van der Waals surface area contributed by atoms with E-state index in [0.29, 0.717) is 30.0 Å². The number of amides is 4. The van der Waals surface area contributed by atoms with Gasteiger partial charge >= 0.3 is 12.1 Å². The number of imide groups is 1. The Morgan fingerprint density at radius 1 is 1.03 bits per heavy atom. The number of ether oxygens (including phenoxy) is 1. The molecule has 2 aromatic rings. The molecule has 0 unspecified atom stereocenters. The maximum Gasteiger partial charge on any atom is 0.415 e. The van der Waals surface area contributed by atoms with Crippen LogP contribution in [-0.4, -0.2) is 47.7 Å². The average Bonchev–Trinajstić information content (AvgIpc) is 3.07. The van der Waals surface area contributed by atoms with Crippen molar-refractivity contribution < 1.29 is 19.1 Å². The van der Waals surface area contributed by atoms with Crippen molar-refractivity contribution in [2.45, 2.75) is 12.8 Å². The monoisotopic (exact) mass is 522 g/mol. The van der Waals surface area contributed by atoms with E-state index >= 15 is 0 Å². The van der Waals surface area contributed by atoms with Crippen molar-refractivity contribution in [3.8, 4) is 0 Å². The number of carbonyl (C=O) groups excluding carboxylic acids is 3. The molecule has 4 amide bonds. The topological polar surface area (TPSA) is 101 Å². The molecule has 2 heterocycles. The van der Waals surface area contributed by atoms with Gasteiger partial charge in [0.25, 0.3) is 5.91 Å². The maximum absolute atomic E-state index is 13.1. The number of urea groups is 1. The van der Waals surface area contributed by atoms with Crippen LogP contribution in [-0.2, 0) is 4.74 Å². The lowest BCUT2D eigenvalue weighted by molar-refractivity contribution is 0.0955. The van der Waals surface area contributed by atoms with E-state index in [4.69, 9.17) is 4.74 Å². The number of hydrogen-bond acceptors (Lipinski definition) is 7. The van der Waals surface area contributed by atoms with E-state index in [2.05, 4.69) is 21.7 Å². The van der Waals surface area contributed by atoms with Gasteiger partial charge in [-0.3, -0.25) is 14.7 Å². The highest BCUT2D eigenvalue weighted by molar-refractivity contribution is 8.76. The van der Waals surface area contributed by atoms with Crippen LogP contribution in [0.25, 0.3) is 6.08 Å². The smallest absolute Gasteiger partial charge is 0.415 e. The summed E-state index contributed by atoms with van der Waals surface area (Å²) in [7, 11) is 3.09. The molecule has 0 radical (unpaired) electrons. The summed E-state index contributed by atoms with van der Waals surface area (Å²) in [5, 5.41) is 5.19. The van der Waals surface area contributed by atoms with Crippen molar-refractivity contribution in [2.75, 3.05) is 29.6 Å². The van der Waals surface area contributed by atoms with E-state index in [-0.39, 0.29) is 12.5 Å². The van der Waals surface area contributed by atoms with Crippen LogP contribution in [0.5, 0.6) is 0 Å². The van der Waals surface area contributed by atoms with Gasteiger partial charge in [0.05, 0.1) is 11.3 Å². The SMILES string of the molecule is O=C(NC(=O)N1C2=C(C=CCC2)C=Cc2ccccc21)OCCSSCCNC(=O)c1cccnc1. The van der Waals surface area contributed by atoms with Crippen molar-refractivity contribution >= 4 is 51.4 Å². The average molecular weight is 523 g/mol. The molecule has 0 bridgehead atoms. The van der Waals surface area contributed by atoms with Crippen molar-refractivity contribution in [2.24, 2.45) is 0 Å². The van der Waals surface area contributed by atoms with Crippen molar-refractivity contribution in [3.05, 3.63) is 89.4 Å². The van der Waals surface area contributed by atoms with Gasteiger partial charge in [-0.25, -0.2) is 14.9 Å². The summed E-state index contributed by atoms with van der Waals surface area (Å²) < 4.78 is 5.21. The van der Waals surface area contributed by atoms with Crippen LogP contribution in [0, 0.1) is 0 Å². The zero-order valence-corrected chi connectivity index (χ0v) is 21.1. The molecule has 4 rings (SSSR count). The van der Waals surface area contributed by atoms with Gasteiger partial charge in [0, 0.05) is 36.1 Å². The molecular weight excluding hydrogens is 496 g/mol. The number of hydrogen-bond donors (Lipinski definition) is 2. The Morgan fingerprint density at radius 3 is 2.75 bits per heavy atom. The molecule has 0 spiro atoms. The summed E-state index contributed by atoms with van der Waals surface area (Å²) in [6.45, 7) is 0.675. The number of rotatable bonds is 8. The number of pyridine rings is 1. The number of anilines is 1. The van der Waals surface area contributed by atoms with Crippen LogP contribution in [0.4, 0.5) is 15.3 Å². The van der Waals surface area contributed by atoms with E-state index in [0.717, 1.165) is 28.9 Å². The molecule has 1 aliphatic heterocycles. The van der Waals surface area contributed by atoms with Gasteiger partial charge in [-0.15, -0.1) is 0 Å². The van der Waals surface area contributed by atoms with Crippen LogP contribution < -0.4 is 15.5 Å². The molecule has 2 aliphatic rings. The zero-order valence-electron chi connectivity index (χ0n) is 19.5. The van der Waals surface area contributed by atoms with Crippen molar-refractivity contribution in [3.63, 3.8) is 0 Å². The van der Waals surface area contributed by atoms with Crippen LogP contribution in [0.15, 0.2) is 78.3 Å². The lowest BCUT2D eigenvalue weighted by atomic mass is 10.0. The van der Waals surface area contributed by atoms with Crippen molar-refractivity contribution in [1.82, 2.24) is 15.6 Å². The van der Waals surface area contributed by atoms with Gasteiger partial charge in [-0.1, -0.05) is 64.1 Å². The van der Waals surface area contributed by atoms with E-state index in [1.165, 1.54) is 17.0 Å². The molecule has 1 aromatic heterocycles. The number of carbonyl (C=O) groups is 3. The molecule has 0 atom stereocenters. The Hall–Kier alpha value is -3.50. The number of para-hydroxylation sites is 1. The summed E-state index contributed by atoms with van der Waals surface area (Å²) in [6, 6.07) is 10.5. The number of aromatic nitrogens is 1. The number of allylic oxidation sites excluding steroid dienone is 5. The first kappa shape index (κ1) is 25.6. The highest BCUT2D eigenvalue weighted by Crippen LogP contribution is 2.34. The Kier molecular flexibility index (Phi) is 9.23. The maximum atomic E-state index is 13.1. The molecule has 10 heteroatoms. The Bertz CT molecular complexity index is 1200. The first-order valence-electron chi connectivity index (χ1n) is 11.5. The third kappa shape index (κ3) is 6.79. The Balaban J connectivity index is 1.18. The summed E-state index contributed by atoms with van der Waals surface area (Å²) in [4.78, 5) is 42.9. The van der Waals surface area contributed by atoms with E-state index in [1.807, 2.05) is 42.5 Å². The molecule has 0 fully saturated rings. The molecule has 186 valence electrons. The predicted octanol–water partition coefficient (Wildman–Crippen LogP) is 5.18. The molecule has 1 aromatic carbocycles. The zero-order chi connectivity index (χ0) is 25.2. The molecule has 2 N–H and O–H groups in total. The lowest BCUT2D eigenvalue weighted by Gasteiger charge is -2.28. The third-order valence-corrected chi connectivity index (χ3v) is 7.73. The second-order valence-corrected chi connectivity index (χ2v) is 10.5. The fraction of sp³-hybridized carbons (Fsp3) is 0.231. The van der Waals surface area contributed by atoms with Gasteiger partial charge in [0.2, 0.25) is 0 Å². The number of nitrogens with zero attached hydrogens (tertiary/aromatic N) is 2. The molecule has 0 saturated carbocycles. The molecule has 0 saturated heterocycles. The standard InChI is InChI=1S/C26H26N4O4S2/c31-24(21-8-5-13-27-18-21)28-14-16-35-36-17-15-34-26(33)29-25(32)30-22-9-3-1-6-19(22)11-12-20-7-2-4-10-23(20)30/h1-3,5-9,11-13,18H,4,10,14-17H2,(H,28,31)(H,29,32,33). The first-order valence-corrected chi connectivity index (χ1v) is 14.0. The van der Waals surface area contributed by atoms with Gasteiger partial charge in [0.15, 0.2) is 0 Å². The quantitative estimate of drug-likeness (QED) is 0.364. The van der Waals surface area contributed by atoms with Crippen LogP contribution >= 0.6 is 21.6 Å². The van der Waals surface area contributed by atoms with Gasteiger partial charge in [0.1, 0.15) is 6.61 Å². The normalized spacial score (nSPS) is 13.9. The fourth-order valence-corrected chi connectivity index (χ4v) is 5.46. The van der Waals surface area contributed by atoms with Crippen LogP contribution in [0.1, 0.15) is 28.8 Å². The third-order valence-electron chi connectivity index (χ3n) is 5.36. The number of alkyl carbamates (subject to hydrolysis) is 1. The summed E-state index contributed by atoms with van der Waals surface area (Å²) >= 11 is 0. The number of benzene rings is 1. The van der Waals surface area contributed by atoms with Crippen molar-refractivity contribution in [1.29, 1.82) is 0 Å². The van der Waals surface area contributed by atoms with Crippen LogP contribution in [0.3, 0.4) is 0 Å². The Morgan fingerprint density at radius 2 is 1.89 bits per heavy atom. The van der Waals surface area contributed by atoms with E-state index in [9.17, 15) is 14.4 Å². The minimum Gasteiger partial charge on any atom is -0.448 e. The molecule has 36 heavy (non-hydrogen) atoms. The number of nitrogens with one attached hydrogen (secondary N) is 2. The van der Waals surface area contributed by atoms with Crippen LogP contribution in [0.2, 0.25) is 0 Å². The number of fused-ring (bicyclic) bond motifs is 1. The van der Waals surface area contributed by atoms with E-state index in [1.54, 1.807) is 34.0 Å². The highest BCUT2D eigenvalue weighted by atomic mass is 33.1. The van der Waals surface area contributed by atoms with Gasteiger partial charge < -0.3 is 10.1 Å². The predicted molar refractivity (Wildman–Crippen MR) is 145 cm³/mol. The summed E-state index contributed by atoms with van der Waals surface area (Å²) in [5.41, 5.74) is 3.95. The molecule has 1 aliphatic carbocycles. The summed E-state index contributed by atoms with van der Waals surface area (Å²) in [5.74, 6) is 1.10. The lowest BCUT2D eigenvalue weighted by Crippen LogP contribution is -2.43. The summed E-state index contributed by atoms with van der Waals surface area (Å²) in [6.07, 6.45) is 11.9. The molecule has 8 nitrogen and oxygen atoms in total. The highest BCUT2D eigenvalue weighted by Gasteiger charge is 2.27.